The third-order valence-corrected chi connectivity index (χ3v) is 5.79. The van der Waals surface area contributed by atoms with E-state index in [1.165, 1.54) is 89.9 Å². The second-order valence-corrected chi connectivity index (χ2v) is 8.80. The molecule has 0 radical (unpaired) electrons. The summed E-state index contributed by atoms with van der Waals surface area (Å²) in [6, 6.07) is -1.12. The Morgan fingerprint density at radius 3 is 1.35 bits per heavy atom. The molecule has 0 spiro atoms. The van der Waals surface area contributed by atoms with Gasteiger partial charge in [-0.2, -0.15) is 0 Å². The summed E-state index contributed by atoms with van der Waals surface area (Å²) in [4.78, 5) is 33.5. The molecule has 6 nitrogen and oxygen atoms in total. The maximum atomic E-state index is 11.8. The monoisotopic (exact) mass is 441 g/mol. The zero-order chi connectivity index (χ0) is 23.2. The van der Waals surface area contributed by atoms with E-state index in [0.29, 0.717) is 6.42 Å². The predicted molar refractivity (Wildman–Crippen MR) is 125 cm³/mol. The van der Waals surface area contributed by atoms with Gasteiger partial charge >= 0.3 is 11.9 Å². The number of hydrogen-bond acceptors (Lipinski definition) is 3. The van der Waals surface area contributed by atoms with E-state index in [0.717, 1.165) is 19.3 Å². The molecule has 0 bridgehead atoms. The van der Waals surface area contributed by atoms with E-state index < -0.39 is 18.0 Å². The van der Waals surface area contributed by atoms with E-state index in [1.54, 1.807) is 0 Å². The van der Waals surface area contributed by atoms with Crippen LogP contribution >= 0.6 is 0 Å². The molecule has 31 heavy (non-hydrogen) atoms. The number of aliphatic carboxylic acids is 2. The van der Waals surface area contributed by atoms with Gasteiger partial charge in [0.05, 0.1) is 0 Å². The summed E-state index contributed by atoms with van der Waals surface area (Å²) in [5.41, 5.74) is 0. The van der Waals surface area contributed by atoms with Crippen molar-refractivity contribution in [3.63, 3.8) is 0 Å². The Bertz CT molecular complexity index is 467. The lowest BCUT2D eigenvalue weighted by molar-refractivity contribution is -0.143. The van der Waals surface area contributed by atoms with Crippen molar-refractivity contribution in [3.05, 3.63) is 0 Å². The Morgan fingerprint density at radius 1 is 0.613 bits per heavy atom. The normalized spacial score (nSPS) is 11.9. The van der Waals surface area contributed by atoms with E-state index in [4.69, 9.17) is 10.2 Å². The number of amides is 1. The highest BCUT2D eigenvalue weighted by atomic mass is 16.4. The van der Waals surface area contributed by atoms with Crippen molar-refractivity contribution >= 4 is 17.8 Å². The maximum Gasteiger partial charge on any atom is 0.326 e. The van der Waals surface area contributed by atoms with Crippen molar-refractivity contribution in [1.29, 1.82) is 0 Å². The van der Waals surface area contributed by atoms with Gasteiger partial charge in [-0.3, -0.25) is 9.59 Å². The minimum atomic E-state index is -1.18. The average Bonchev–Trinajstić information content (AvgIpc) is 2.73. The molecule has 1 atom stereocenters. The molecule has 0 aliphatic carbocycles. The van der Waals surface area contributed by atoms with Crippen LogP contribution in [0.4, 0.5) is 0 Å². The first-order valence-corrected chi connectivity index (χ1v) is 12.7. The summed E-state index contributed by atoms with van der Waals surface area (Å²) in [6.07, 6.45) is 21.7. The standard InChI is InChI=1S/C25H47NO5/c1-2-3-4-5-6-7-8-9-10-11-12-13-14-15-16-17-18-19-23(27)26-22(25(30)31)20-21-24(28)29/h22H,2-21H2,1H3,(H,26,27)(H,28,29)(H,30,31). The van der Waals surface area contributed by atoms with Gasteiger partial charge in [-0.25, -0.2) is 4.79 Å². The van der Waals surface area contributed by atoms with Gasteiger partial charge in [-0.1, -0.05) is 110 Å². The van der Waals surface area contributed by atoms with E-state index >= 15 is 0 Å². The number of carbonyl (C=O) groups is 3. The lowest BCUT2D eigenvalue weighted by Crippen LogP contribution is -2.41. The fourth-order valence-electron chi connectivity index (χ4n) is 3.80. The molecule has 182 valence electrons. The molecule has 0 aliphatic rings. The SMILES string of the molecule is CCCCCCCCCCCCCCCCCCCC(=O)NC(CCC(=O)O)C(=O)O. The molecule has 0 aromatic carbocycles. The van der Waals surface area contributed by atoms with Crippen molar-refractivity contribution in [2.75, 3.05) is 0 Å². The van der Waals surface area contributed by atoms with Crippen LogP contribution in [0.5, 0.6) is 0 Å². The van der Waals surface area contributed by atoms with Crippen molar-refractivity contribution in [1.82, 2.24) is 5.32 Å². The van der Waals surface area contributed by atoms with Crippen molar-refractivity contribution in [2.45, 2.75) is 141 Å². The first-order valence-electron chi connectivity index (χ1n) is 12.7. The first-order chi connectivity index (χ1) is 15.0. The molecule has 0 fully saturated rings. The largest absolute Gasteiger partial charge is 0.481 e. The number of hydrogen-bond donors (Lipinski definition) is 3. The Kier molecular flexibility index (Phi) is 20.5. The first kappa shape index (κ1) is 29.4. The number of unbranched alkanes of at least 4 members (excludes halogenated alkanes) is 16. The summed E-state index contributed by atoms with van der Waals surface area (Å²) in [5.74, 6) is -2.55. The third-order valence-electron chi connectivity index (χ3n) is 5.79. The minimum Gasteiger partial charge on any atom is -0.481 e. The van der Waals surface area contributed by atoms with Crippen LogP contribution in [-0.4, -0.2) is 34.1 Å². The molecule has 1 amide bonds. The van der Waals surface area contributed by atoms with Gasteiger partial charge in [0.25, 0.3) is 0 Å². The van der Waals surface area contributed by atoms with Crippen LogP contribution in [0.1, 0.15) is 135 Å². The highest BCUT2D eigenvalue weighted by molar-refractivity contribution is 5.83. The highest BCUT2D eigenvalue weighted by Gasteiger charge is 2.20. The zero-order valence-electron chi connectivity index (χ0n) is 19.8. The van der Waals surface area contributed by atoms with Gasteiger partial charge in [0.2, 0.25) is 5.91 Å². The van der Waals surface area contributed by atoms with E-state index in [2.05, 4.69) is 12.2 Å². The number of nitrogens with one attached hydrogen (secondary N) is 1. The van der Waals surface area contributed by atoms with Crippen molar-refractivity contribution in [3.8, 4) is 0 Å². The molecule has 0 heterocycles. The molecule has 1 unspecified atom stereocenters. The summed E-state index contributed by atoms with van der Waals surface area (Å²) in [5, 5.41) is 20.1. The smallest absolute Gasteiger partial charge is 0.326 e. The quantitative estimate of drug-likeness (QED) is 0.158. The number of carboxylic acids is 2. The van der Waals surface area contributed by atoms with Crippen LogP contribution in [0.15, 0.2) is 0 Å². The van der Waals surface area contributed by atoms with E-state index in [9.17, 15) is 14.4 Å². The molecule has 0 aliphatic heterocycles. The summed E-state index contributed by atoms with van der Waals surface area (Å²) < 4.78 is 0. The summed E-state index contributed by atoms with van der Waals surface area (Å²) in [7, 11) is 0. The van der Waals surface area contributed by atoms with Crippen LogP contribution in [0.2, 0.25) is 0 Å². The van der Waals surface area contributed by atoms with Crippen LogP contribution in [0, 0.1) is 0 Å². The van der Waals surface area contributed by atoms with Gasteiger partial charge in [-0.15, -0.1) is 0 Å². The molecule has 0 saturated heterocycles. The Hall–Kier alpha value is -1.59. The Morgan fingerprint density at radius 2 is 1.00 bits per heavy atom. The van der Waals surface area contributed by atoms with Gasteiger partial charge < -0.3 is 15.5 Å². The second kappa shape index (κ2) is 21.6. The molecule has 0 saturated carbocycles. The maximum absolute atomic E-state index is 11.8. The fourth-order valence-corrected chi connectivity index (χ4v) is 3.80. The minimum absolute atomic E-state index is 0.0878. The molecular weight excluding hydrogens is 394 g/mol. The number of carboxylic acid groups (broad SMARTS) is 2. The van der Waals surface area contributed by atoms with Gasteiger partial charge in [0.1, 0.15) is 6.04 Å². The molecule has 6 heteroatoms. The number of carbonyl (C=O) groups excluding carboxylic acids is 1. The second-order valence-electron chi connectivity index (χ2n) is 8.80. The lowest BCUT2D eigenvalue weighted by atomic mass is 10.0. The zero-order valence-corrected chi connectivity index (χ0v) is 19.8. The molecule has 0 rings (SSSR count). The molecular formula is C25H47NO5. The fraction of sp³-hybridized carbons (Fsp3) is 0.880. The topological polar surface area (TPSA) is 104 Å². The summed E-state index contributed by atoms with van der Waals surface area (Å²) >= 11 is 0. The molecule has 0 aromatic heterocycles. The molecule has 3 N–H and O–H groups in total. The lowest BCUT2D eigenvalue weighted by Gasteiger charge is -2.13. The van der Waals surface area contributed by atoms with Crippen LogP contribution in [0.3, 0.4) is 0 Å². The number of rotatable bonds is 23. The van der Waals surface area contributed by atoms with Crippen molar-refractivity contribution < 1.29 is 24.6 Å². The molecule has 0 aromatic rings. The van der Waals surface area contributed by atoms with Crippen LogP contribution < -0.4 is 5.32 Å². The van der Waals surface area contributed by atoms with Gasteiger partial charge in [0.15, 0.2) is 0 Å². The van der Waals surface area contributed by atoms with Crippen molar-refractivity contribution in [2.24, 2.45) is 0 Å². The summed E-state index contributed by atoms with van der Waals surface area (Å²) in [6.45, 7) is 2.26. The van der Waals surface area contributed by atoms with Crippen LogP contribution in [-0.2, 0) is 14.4 Å². The van der Waals surface area contributed by atoms with E-state index in [-0.39, 0.29) is 18.7 Å². The van der Waals surface area contributed by atoms with E-state index in [1.807, 2.05) is 0 Å². The third kappa shape index (κ3) is 21.4. The highest BCUT2D eigenvalue weighted by Crippen LogP contribution is 2.14. The average molecular weight is 442 g/mol. The Balaban J connectivity index is 3.41. The van der Waals surface area contributed by atoms with Gasteiger partial charge in [0, 0.05) is 12.8 Å². The van der Waals surface area contributed by atoms with Crippen LogP contribution in [0.25, 0.3) is 0 Å². The Labute approximate surface area is 189 Å². The van der Waals surface area contributed by atoms with Gasteiger partial charge in [-0.05, 0) is 12.8 Å². The predicted octanol–water partition coefficient (Wildman–Crippen LogP) is 6.46.